The Bertz CT molecular complexity index is 560. The molecular formula is C18H22FN. The largest absolute Gasteiger partial charge is 0.330 e. The molecule has 0 aliphatic rings. The van der Waals surface area contributed by atoms with E-state index in [2.05, 4.69) is 32.0 Å². The van der Waals surface area contributed by atoms with Gasteiger partial charge in [-0.2, -0.15) is 0 Å². The van der Waals surface area contributed by atoms with Gasteiger partial charge in [0.15, 0.2) is 0 Å². The molecular weight excluding hydrogens is 249 g/mol. The first-order chi connectivity index (χ1) is 9.58. The molecule has 0 bridgehead atoms. The van der Waals surface area contributed by atoms with Gasteiger partial charge in [0.2, 0.25) is 0 Å². The number of hydrogen-bond acceptors (Lipinski definition) is 1. The Hall–Kier alpha value is -1.67. The summed E-state index contributed by atoms with van der Waals surface area (Å²) in [5, 5.41) is 0. The first-order valence-corrected chi connectivity index (χ1v) is 7.09. The highest BCUT2D eigenvalue weighted by molar-refractivity contribution is 5.31. The Labute approximate surface area is 120 Å². The van der Waals surface area contributed by atoms with E-state index in [9.17, 15) is 4.39 Å². The minimum Gasteiger partial charge on any atom is -0.330 e. The molecule has 0 radical (unpaired) electrons. The first-order valence-electron chi connectivity index (χ1n) is 7.09. The number of benzene rings is 2. The Kier molecular flexibility index (Phi) is 4.91. The number of rotatable bonds is 5. The second kappa shape index (κ2) is 6.67. The lowest BCUT2D eigenvalue weighted by Gasteiger charge is -2.17. The maximum atomic E-state index is 12.9. The molecule has 2 aromatic rings. The minimum absolute atomic E-state index is 0.188. The van der Waals surface area contributed by atoms with Crippen LogP contribution in [0.15, 0.2) is 42.5 Å². The fourth-order valence-corrected chi connectivity index (χ4v) is 2.58. The molecule has 0 aromatic heterocycles. The Morgan fingerprint density at radius 2 is 1.70 bits per heavy atom. The summed E-state index contributed by atoms with van der Waals surface area (Å²) in [6, 6.07) is 13.3. The van der Waals surface area contributed by atoms with Crippen LogP contribution in [0, 0.1) is 25.6 Å². The molecule has 20 heavy (non-hydrogen) atoms. The van der Waals surface area contributed by atoms with Crippen LogP contribution in [0.5, 0.6) is 0 Å². The van der Waals surface area contributed by atoms with Gasteiger partial charge in [0.05, 0.1) is 0 Å². The Balaban J connectivity index is 2.07. The zero-order valence-electron chi connectivity index (χ0n) is 12.2. The van der Waals surface area contributed by atoms with Gasteiger partial charge in [-0.05, 0) is 68.0 Å². The van der Waals surface area contributed by atoms with Crippen molar-refractivity contribution in [1.82, 2.24) is 0 Å². The molecule has 1 unspecified atom stereocenters. The van der Waals surface area contributed by atoms with Gasteiger partial charge in [0, 0.05) is 0 Å². The van der Waals surface area contributed by atoms with E-state index in [-0.39, 0.29) is 5.82 Å². The second-order valence-electron chi connectivity index (χ2n) is 5.57. The molecule has 0 heterocycles. The van der Waals surface area contributed by atoms with Gasteiger partial charge in [0.25, 0.3) is 0 Å². The number of halogens is 1. The van der Waals surface area contributed by atoms with Crippen LogP contribution in [0.2, 0.25) is 0 Å². The predicted molar refractivity (Wildman–Crippen MR) is 82.3 cm³/mol. The van der Waals surface area contributed by atoms with Crippen LogP contribution < -0.4 is 5.73 Å². The van der Waals surface area contributed by atoms with E-state index in [1.165, 1.54) is 28.8 Å². The molecule has 2 rings (SSSR count). The lowest BCUT2D eigenvalue weighted by molar-refractivity contribution is 0.531. The third-order valence-electron chi connectivity index (χ3n) is 3.78. The molecule has 0 fully saturated rings. The van der Waals surface area contributed by atoms with Crippen molar-refractivity contribution >= 4 is 0 Å². The highest BCUT2D eigenvalue weighted by atomic mass is 19.1. The maximum absolute atomic E-state index is 12.9. The summed E-state index contributed by atoms with van der Waals surface area (Å²) in [6.07, 6.45) is 1.87. The zero-order chi connectivity index (χ0) is 14.5. The molecule has 0 aliphatic carbocycles. The molecule has 0 amide bonds. The third-order valence-corrected chi connectivity index (χ3v) is 3.78. The molecule has 2 heteroatoms. The van der Waals surface area contributed by atoms with Crippen molar-refractivity contribution in [3.63, 3.8) is 0 Å². The normalized spacial score (nSPS) is 12.4. The molecule has 0 spiro atoms. The van der Waals surface area contributed by atoms with Crippen LogP contribution in [-0.4, -0.2) is 6.54 Å². The lowest BCUT2D eigenvalue weighted by Crippen LogP contribution is -2.19. The molecule has 0 saturated carbocycles. The van der Waals surface area contributed by atoms with E-state index in [1.54, 1.807) is 0 Å². The van der Waals surface area contributed by atoms with Crippen molar-refractivity contribution in [2.75, 3.05) is 6.54 Å². The van der Waals surface area contributed by atoms with Crippen LogP contribution in [-0.2, 0) is 12.8 Å². The summed E-state index contributed by atoms with van der Waals surface area (Å²) >= 11 is 0. The van der Waals surface area contributed by atoms with Crippen molar-refractivity contribution in [3.8, 4) is 0 Å². The SMILES string of the molecule is Cc1ccc(CC(CN)Cc2ccc(F)cc2)c(C)c1. The van der Waals surface area contributed by atoms with Crippen molar-refractivity contribution < 1.29 is 4.39 Å². The van der Waals surface area contributed by atoms with Crippen LogP contribution >= 0.6 is 0 Å². The summed E-state index contributed by atoms with van der Waals surface area (Å²) in [5.74, 6) is 0.203. The molecule has 1 atom stereocenters. The van der Waals surface area contributed by atoms with Crippen molar-refractivity contribution in [1.29, 1.82) is 0 Å². The van der Waals surface area contributed by atoms with E-state index in [4.69, 9.17) is 5.73 Å². The van der Waals surface area contributed by atoms with Gasteiger partial charge in [0.1, 0.15) is 5.82 Å². The van der Waals surface area contributed by atoms with Gasteiger partial charge in [-0.3, -0.25) is 0 Å². The third kappa shape index (κ3) is 3.91. The van der Waals surface area contributed by atoms with Crippen LogP contribution in [0.25, 0.3) is 0 Å². The minimum atomic E-state index is -0.188. The summed E-state index contributed by atoms with van der Waals surface area (Å²) in [4.78, 5) is 0. The summed E-state index contributed by atoms with van der Waals surface area (Å²) in [5.41, 5.74) is 11.0. The van der Waals surface area contributed by atoms with Crippen molar-refractivity contribution in [3.05, 3.63) is 70.5 Å². The molecule has 0 saturated heterocycles. The fourth-order valence-electron chi connectivity index (χ4n) is 2.58. The fraction of sp³-hybridized carbons (Fsp3) is 0.333. The van der Waals surface area contributed by atoms with Crippen molar-refractivity contribution in [2.24, 2.45) is 11.7 Å². The van der Waals surface area contributed by atoms with E-state index in [0.717, 1.165) is 18.4 Å². The molecule has 0 aliphatic heterocycles. The average Bonchev–Trinajstić information content (AvgIpc) is 2.43. The molecule has 1 nitrogen and oxygen atoms in total. The summed E-state index contributed by atoms with van der Waals surface area (Å²) in [7, 11) is 0. The molecule has 2 aromatic carbocycles. The topological polar surface area (TPSA) is 26.0 Å². The summed E-state index contributed by atoms with van der Waals surface area (Å²) in [6.45, 7) is 4.90. The second-order valence-corrected chi connectivity index (χ2v) is 5.57. The van der Waals surface area contributed by atoms with Crippen LogP contribution in [0.1, 0.15) is 22.3 Å². The van der Waals surface area contributed by atoms with Gasteiger partial charge in [-0.1, -0.05) is 35.9 Å². The first kappa shape index (κ1) is 14.7. The van der Waals surface area contributed by atoms with Gasteiger partial charge < -0.3 is 5.73 Å². The monoisotopic (exact) mass is 271 g/mol. The Morgan fingerprint density at radius 1 is 1.00 bits per heavy atom. The van der Waals surface area contributed by atoms with Gasteiger partial charge in [-0.25, -0.2) is 4.39 Å². The molecule has 2 N–H and O–H groups in total. The van der Waals surface area contributed by atoms with Crippen LogP contribution in [0.4, 0.5) is 4.39 Å². The standard InChI is InChI=1S/C18H22FN/c1-13-3-6-17(14(2)9-13)11-16(12-20)10-15-4-7-18(19)8-5-15/h3-9,16H,10-12,20H2,1-2H3. The Morgan fingerprint density at radius 3 is 2.30 bits per heavy atom. The highest BCUT2D eigenvalue weighted by Crippen LogP contribution is 2.18. The van der Waals surface area contributed by atoms with Crippen LogP contribution in [0.3, 0.4) is 0 Å². The van der Waals surface area contributed by atoms with E-state index >= 15 is 0 Å². The van der Waals surface area contributed by atoms with E-state index in [0.29, 0.717) is 12.5 Å². The average molecular weight is 271 g/mol. The highest BCUT2D eigenvalue weighted by Gasteiger charge is 2.11. The number of hydrogen-bond donors (Lipinski definition) is 1. The van der Waals surface area contributed by atoms with E-state index < -0.39 is 0 Å². The lowest BCUT2D eigenvalue weighted by atomic mass is 9.90. The smallest absolute Gasteiger partial charge is 0.123 e. The van der Waals surface area contributed by atoms with Crippen molar-refractivity contribution in [2.45, 2.75) is 26.7 Å². The molecule has 106 valence electrons. The quantitative estimate of drug-likeness (QED) is 0.879. The maximum Gasteiger partial charge on any atom is 0.123 e. The number of nitrogens with two attached hydrogens (primary N) is 1. The summed E-state index contributed by atoms with van der Waals surface area (Å²) < 4.78 is 12.9. The predicted octanol–water partition coefficient (Wildman–Crippen LogP) is 3.80. The van der Waals surface area contributed by atoms with Gasteiger partial charge in [-0.15, -0.1) is 0 Å². The van der Waals surface area contributed by atoms with Gasteiger partial charge >= 0.3 is 0 Å². The van der Waals surface area contributed by atoms with E-state index in [1.807, 2.05) is 12.1 Å². The number of aryl methyl sites for hydroxylation is 2. The zero-order valence-corrected chi connectivity index (χ0v) is 12.2.